The van der Waals surface area contributed by atoms with Gasteiger partial charge in [0.15, 0.2) is 15.6 Å². The summed E-state index contributed by atoms with van der Waals surface area (Å²) in [5.74, 6) is -0.468. The second kappa shape index (κ2) is 7.67. The Morgan fingerprint density at radius 3 is 2.68 bits per heavy atom. The lowest BCUT2D eigenvalue weighted by Crippen LogP contribution is -2.45. The van der Waals surface area contributed by atoms with Gasteiger partial charge in [0.2, 0.25) is 0 Å². The van der Waals surface area contributed by atoms with Crippen molar-refractivity contribution in [1.29, 1.82) is 0 Å². The van der Waals surface area contributed by atoms with Crippen molar-refractivity contribution < 1.29 is 26.8 Å². The predicted molar refractivity (Wildman–Crippen MR) is 101 cm³/mol. The second-order valence-corrected chi connectivity index (χ2v) is 9.52. The minimum Gasteiger partial charge on any atom is -0.451 e. The number of hydrogen-bond donors (Lipinski definition) is 0. The van der Waals surface area contributed by atoms with Crippen LogP contribution < -0.4 is 0 Å². The van der Waals surface area contributed by atoms with Gasteiger partial charge in [-0.2, -0.15) is 0 Å². The molecule has 2 fully saturated rings. The number of ether oxygens (including phenoxy) is 1. The van der Waals surface area contributed by atoms with Crippen LogP contribution in [0.5, 0.6) is 0 Å². The van der Waals surface area contributed by atoms with Gasteiger partial charge in [0.1, 0.15) is 11.6 Å². The average Bonchev–Trinajstić information content (AvgIpc) is 3.40. The molecule has 6 nitrogen and oxygen atoms in total. The van der Waals surface area contributed by atoms with Gasteiger partial charge in [-0.25, -0.2) is 12.8 Å². The molecule has 4 rings (SSSR count). The molecule has 2 aromatic rings. The van der Waals surface area contributed by atoms with Crippen LogP contribution in [0.3, 0.4) is 0 Å². The van der Waals surface area contributed by atoms with Gasteiger partial charge in [-0.3, -0.25) is 4.79 Å². The number of rotatable bonds is 5. The maximum Gasteiger partial charge on any atom is 0.289 e. The molecule has 0 radical (unpaired) electrons. The average molecular weight is 407 g/mol. The van der Waals surface area contributed by atoms with Crippen molar-refractivity contribution in [3.63, 3.8) is 0 Å². The number of hydrogen-bond acceptors (Lipinski definition) is 5. The molecule has 0 unspecified atom stereocenters. The van der Waals surface area contributed by atoms with Crippen molar-refractivity contribution in [2.45, 2.75) is 31.4 Å². The molecule has 2 aliphatic rings. The lowest BCUT2D eigenvalue weighted by Gasteiger charge is -2.29. The smallest absolute Gasteiger partial charge is 0.289 e. The quantitative estimate of drug-likeness (QED) is 0.762. The molecule has 1 aromatic heterocycles. The largest absolute Gasteiger partial charge is 0.451 e. The molecule has 0 saturated carbocycles. The van der Waals surface area contributed by atoms with Crippen molar-refractivity contribution in [3.8, 4) is 11.3 Å². The van der Waals surface area contributed by atoms with E-state index in [2.05, 4.69) is 0 Å². The number of halogens is 1. The molecule has 2 atom stereocenters. The third-order valence-electron chi connectivity index (χ3n) is 5.29. The summed E-state index contributed by atoms with van der Waals surface area (Å²) < 4.78 is 49.2. The van der Waals surface area contributed by atoms with Crippen molar-refractivity contribution in [1.82, 2.24) is 4.90 Å². The number of amides is 1. The highest BCUT2D eigenvalue weighted by atomic mass is 32.2. The molecule has 8 heteroatoms. The molecule has 0 bridgehead atoms. The number of furan rings is 1. The maximum atomic E-state index is 14.0. The van der Waals surface area contributed by atoms with Crippen LogP contribution in [0, 0.1) is 5.82 Å². The highest BCUT2D eigenvalue weighted by Crippen LogP contribution is 2.28. The van der Waals surface area contributed by atoms with Crippen LogP contribution in [-0.4, -0.2) is 56.0 Å². The topological polar surface area (TPSA) is 76.8 Å². The molecule has 1 aromatic carbocycles. The van der Waals surface area contributed by atoms with Gasteiger partial charge in [0, 0.05) is 19.2 Å². The zero-order valence-corrected chi connectivity index (χ0v) is 16.2. The summed E-state index contributed by atoms with van der Waals surface area (Å²) in [6, 6.07) is 8.84. The van der Waals surface area contributed by atoms with E-state index >= 15 is 0 Å². The van der Waals surface area contributed by atoms with Gasteiger partial charge < -0.3 is 14.1 Å². The zero-order chi connectivity index (χ0) is 19.7. The Labute approximate surface area is 163 Å². The van der Waals surface area contributed by atoms with E-state index in [1.807, 2.05) is 0 Å². The molecule has 3 heterocycles. The van der Waals surface area contributed by atoms with Crippen molar-refractivity contribution >= 4 is 15.7 Å². The van der Waals surface area contributed by atoms with Crippen LogP contribution >= 0.6 is 0 Å². The summed E-state index contributed by atoms with van der Waals surface area (Å²) in [4.78, 5) is 14.7. The Bertz CT molecular complexity index is 964. The molecule has 150 valence electrons. The zero-order valence-electron chi connectivity index (χ0n) is 15.3. The molecule has 2 aliphatic heterocycles. The van der Waals surface area contributed by atoms with E-state index in [0.717, 1.165) is 12.8 Å². The Hall–Kier alpha value is -2.19. The fraction of sp³-hybridized carbons (Fsp3) is 0.450. The minimum atomic E-state index is -3.15. The first kappa shape index (κ1) is 19.1. The van der Waals surface area contributed by atoms with Gasteiger partial charge in [0.25, 0.3) is 5.91 Å². The summed E-state index contributed by atoms with van der Waals surface area (Å²) in [6.45, 7) is 0.975. The fourth-order valence-electron chi connectivity index (χ4n) is 3.83. The standard InChI is InChI=1S/C20H22FNO5S/c21-17-6-2-1-5-16(17)18-7-8-19(27-18)20(23)22(12-15-4-3-10-26-15)14-9-11-28(24,25)13-14/h1-2,5-8,14-15H,3-4,9-13H2/t14-,15-/m0/s1. The van der Waals surface area contributed by atoms with Crippen LogP contribution in [-0.2, 0) is 14.6 Å². The highest BCUT2D eigenvalue weighted by molar-refractivity contribution is 7.91. The third kappa shape index (κ3) is 3.98. The van der Waals surface area contributed by atoms with E-state index in [-0.39, 0.29) is 40.6 Å². The van der Waals surface area contributed by atoms with Crippen molar-refractivity contribution in [2.24, 2.45) is 0 Å². The summed E-state index contributed by atoms with van der Waals surface area (Å²) in [6.07, 6.45) is 2.06. The van der Waals surface area contributed by atoms with Crippen LogP contribution in [0.15, 0.2) is 40.8 Å². The Kier molecular flexibility index (Phi) is 5.25. The number of carbonyl (C=O) groups excluding carboxylic acids is 1. The van der Waals surface area contributed by atoms with Gasteiger partial charge in [-0.05, 0) is 43.5 Å². The number of carbonyl (C=O) groups is 1. The SMILES string of the molecule is O=C(c1ccc(-c2ccccc2F)o1)N(C[C@@H]1CCCO1)[C@H]1CCS(=O)(=O)C1. The normalized spacial score (nSPS) is 23.8. The Morgan fingerprint density at radius 2 is 2.00 bits per heavy atom. The van der Waals surface area contributed by atoms with Gasteiger partial charge in [-0.1, -0.05) is 12.1 Å². The summed E-state index contributed by atoms with van der Waals surface area (Å²) in [5.41, 5.74) is 0.274. The van der Waals surface area contributed by atoms with Crippen molar-refractivity contribution in [2.75, 3.05) is 24.7 Å². The minimum absolute atomic E-state index is 0.0493. The van der Waals surface area contributed by atoms with E-state index in [4.69, 9.17) is 9.15 Å². The van der Waals surface area contributed by atoms with Crippen molar-refractivity contribution in [3.05, 3.63) is 48.0 Å². The second-order valence-electron chi connectivity index (χ2n) is 7.29. The first-order valence-electron chi connectivity index (χ1n) is 9.41. The van der Waals surface area contributed by atoms with Crippen LogP contribution in [0.1, 0.15) is 29.8 Å². The summed E-state index contributed by atoms with van der Waals surface area (Å²) >= 11 is 0. The molecule has 0 spiro atoms. The van der Waals surface area contributed by atoms with E-state index in [1.165, 1.54) is 12.1 Å². The lowest BCUT2D eigenvalue weighted by atomic mass is 10.1. The van der Waals surface area contributed by atoms with Crippen LogP contribution in [0.25, 0.3) is 11.3 Å². The van der Waals surface area contributed by atoms with E-state index < -0.39 is 21.7 Å². The molecule has 28 heavy (non-hydrogen) atoms. The first-order valence-corrected chi connectivity index (χ1v) is 11.2. The van der Waals surface area contributed by atoms with E-state index in [1.54, 1.807) is 29.2 Å². The summed E-state index contributed by atoms with van der Waals surface area (Å²) in [7, 11) is -3.15. The molecule has 0 aliphatic carbocycles. The highest BCUT2D eigenvalue weighted by Gasteiger charge is 2.37. The number of sulfone groups is 1. The third-order valence-corrected chi connectivity index (χ3v) is 7.04. The fourth-order valence-corrected chi connectivity index (χ4v) is 5.56. The molecule has 2 saturated heterocycles. The van der Waals surface area contributed by atoms with Crippen LogP contribution in [0.4, 0.5) is 4.39 Å². The number of nitrogens with zero attached hydrogens (tertiary/aromatic N) is 1. The molecule has 1 amide bonds. The first-order chi connectivity index (χ1) is 13.4. The van der Waals surface area contributed by atoms with Gasteiger partial charge in [0.05, 0.1) is 23.2 Å². The molecule has 0 N–H and O–H groups in total. The van der Waals surface area contributed by atoms with Gasteiger partial charge >= 0.3 is 0 Å². The molecular weight excluding hydrogens is 385 g/mol. The monoisotopic (exact) mass is 407 g/mol. The van der Waals surface area contributed by atoms with Gasteiger partial charge in [-0.15, -0.1) is 0 Å². The number of benzene rings is 1. The Morgan fingerprint density at radius 1 is 1.18 bits per heavy atom. The maximum absolute atomic E-state index is 14.0. The van der Waals surface area contributed by atoms with E-state index in [0.29, 0.717) is 19.6 Å². The molecular formula is C20H22FNO5S. The summed E-state index contributed by atoms with van der Waals surface area (Å²) in [5, 5.41) is 0. The Balaban J connectivity index is 1.59. The van der Waals surface area contributed by atoms with Crippen LogP contribution in [0.2, 0.25) is 0 Å². The van der Waals surface area contributed by atoms with E-state index in [9.17, 15) is 17.6 Å². The predicted octanol–water partition coefficient (Wildman–Crippen LogP) is 2.89. The lowest BCUT2D eigenvalue weighted by molar-refractivity contribution is 0.0419.